The van der Waals surface area contributed by atoms with E-state index in [2.05, 4.69) is 55.3 Å². The Labute approximate surface area is 119 Å². The molecule has 0 saturated carbocycles. The minimum atomic E-state index is 0.694. The molecule has 1 aromatic carbocycles. The van der Waals surface area contributed by atoms with E-state index in [0.717, 1.165) is 19.5 Å². The first kappa shape index (κ1) is 14.2. The molecule has 0 fully saturated rings. The van der Waals surface area contributed by atoms with Crippen molar-refractivity contribution in [2.75, 3.05) is 6.54 Å². The van der Waals surface area contributed by atoms with E-state index in [-0.39, 0.29) is 0 Å². The monoisotopic (exact) mass is 274 g/mol. The minimum absolute atomic E-state index is 0.694. The van der Waals surface area contributed by atoms with Gasteiger partial charge in [0.25, 0.3) is 0 Å². The molecule has 0 amide bonds. The maximum Gasteiger partial charge on any atom is 0.0972 e. The van der Waals surface area contributed by atoms with E-state index >= 15 is 0 Å². The first-order valence-electron chi connectivity index (χ1n) is 6.84. The Morgan fingerprint density at radius 2 is 2.05 bits per heavy atom. The summed E-state index contributed by atoms with van der Waals surface area (Å²) in [5.41, 5.74) is 2.72. The summed E-state index contributed by atoms with van der Waals surface area (Å²) in [7, 11) is 0. The molecule has 0 aliphatic heterocycles. The number of thiazole rings is 1. The Balaban J connectivity index is 1.92. The van der Waals surface area contributed by atoms with Gasteiger partial charge >= 0.3 is 0 Å². The lowest BCUT2D eigenvalue weighted by Crippen LogP contribution is -2.18. The lowest BCUT2D eigenvalue weighted by Gasteiger charge is -2.05. The van der Waals surface area contributed by atoms with Crippen LogP contribution >= 0.6 is 11.3 Å². The quantitative estimate of drug-likeness (QED) is 0.867. The van der Waals surface area contributed by atoms with Gasteiger partial charge in [-0.1, -0.05) is 38.1 Å². The summed E-state index contributed by atoms with van der Waals surface area (Å²) in [6.07, 6.45) is 2.95. The van der Waals surface area contributed by atoms with E-state index < -0.39 is 0 Å². The van der Waals surface area contributed by atoms with Crippen LogP contribution in [0.15, 0.2) is 30.5 Å². The number of hydrogen-bond donors (Lipinski definition) is 1. The molecule has 2 rings (SSSR count). The third-order valence-electron chi connectivity index (χ3n) is 3.06. The van der Waals surface area contributed by atoms with Crippen LogP contribution < -0.4 is 5.32 Å². The van der Waals surface area contributed by atoms with Crippen LogP contribution in [-0.2, 0) is 13.0 Å². The SMILES string of the molecule is Cc1ccccc1Cc1ncc(CNCC(C)C)s1. The summed E-state index contributed by atoms with van der Waals surface area (Å²) in [6, 6.07) is 8.53. The molecule has 1 aromatic heterocycles. The molecule has 2 nitrogen and oxygen atoms in total. The molecule has 0 atom stereocenters. The first-order chi connectivity index (χ1) is 9.15. The van der Waals surface area contributed by atoms with Crippen molar-refractivity contribution in [3.05, 3.63) is 51.5 Å². The molecule has 0 spiro atoms. The van der Waals surface area contributed by atoms with Gasteiger partial charge in [-0.15, -0.1) is 11.3 Å². The Morgan fingerprint density at radius 3 is 2.79 bits per heavy atom. The lowest BCUT2D eigenvalue weighted by atomic mass is 10.1. The van der Waals surface area contributed by atoms with E-state index in [1.54, 1.807) is 0 Å². The number of hydrogen-bond acceptors (Lipinski definition) is 3. The maximum atomic E-state index is 4.53. The average Bonchev–Trinajstić information content (AvgIpc) is 2.79. The van der Waals surface area contributed by atoms with E-state index in [9.17, 15) is 0 Å². The predicted molar refractivity (Wildman–Crippen MR) is 82.6 cm³/mol. The summed E-state index contributed by atoms with van der Waals surface area (Å²) in [5, 5.41) is 4.66. The Morgan fingerprint density at radius 1 is 1.26 bits per heavy atom. The summed E-state index contributed by atoms with van der Waals surface area (Å²) in [6.45, 7) is 8.61. The van der Waals surface area contributed by atoms with Crippen molar-refractivity contribution in [2.24, 2.45) is 5.92 Å². The Kier molecular flexibility index (Phi) is 5.11. The Bertz CT molecular complexity index is 517. The van der Waals surface area contributed by atoms with Crippen LogP contribution in [0.25, 0.3) is 0 Å². The highest BCUT2D eigenvalue weighted by molar-refractivity contribution is 7.11. The van der Waals surface area contributed by atoms with Crippen molar-refractivity contribution in [1.29, 1.82) is 0 Å². The van der Waals surface area contributed by atoms with Crippen LogP contribution in [0.3, 0.4) is 0 Å². The summed E-state index contributed by atoms with van der Waals surface area (Å²) in [4.78, 5) is 5.85. The Hall–Kier alpha value is -1.19. The fourth-order valence-corrected chi connectivity index (χ4v) is 2.88. The lowest BCUT2D eigenvalue weighted by molar-refractivity contribution is 0.554. The van der Waals surface area contributed by atoms with Crippen molar-refractivity contribution in [3.8, 4) is 0 Å². The molecule has 0 unspecified atom stereocenters. The van der Waals surface area contributed by atoms with Crippen LogP contribution in [0.2, 0.25) is 0 Å². The minimum Gasteiger partial charge on any atom is -0.312 e. The van der Waals surface area contributed by atoms with Gasteiger partial charge in [0.1, 0.15) is 0 Å². The highest BCUT2D eigenvalue weighted by atomic mass is 32.1. The highest BCUT2D eigenvalue weighted by Crippen LogP contribution is 2.18. The zero-order valence-electron chi connectivity index (χ0n) is 11.9. The molecule has 3 heteroatoms. The topological polar surface area (TPSA) is 24.9 Å². The van der Waals surface area contributed by atoms with Crippen molar-refractivity contribution >= 4 is 11.3 Å². The molecular weight excluding hydrogens is 252 g/mol. The van der Waals surface area contributed by atoms with Crippen LogP contribution in [0.1, 0.15) is 34.9 Å². The van der Waals surface area contributed by atoms with Crippen LogP contribution in [-0.4, -0.2) is 11.5 Å². The fraction of sp³-hybridized carbons (Fsp3) is 0.438. The van der Waals surface area contributed by atoms with Crippen molar-refractivity contribution in [1.82, 2.24) is 10.3 Å². The van der Waals surface area contributed by atoms with Crippen molar-refractivity contribution < 1.29 is 0 Å². The van der Waals surface area contributed by atoms with Gasteiger partial charge < -0.3 is 5.32 Å². The molecule has 0 aliphatic rings. The molecule has 0 radical (unpaired) electrons. The summed E-state index contributed by atoms with van der Waals surface area (Å²) >= 11 is 1.81. The molecule has 0 saturated heterocycles. The van der Waals surface area contributed by atoms with Gasteiger partial charge in [0.15, 0.2) is 0 Å². The van der Waals surface area contributed by atoms with Crippen molar-refractivity contribution in [2.45, 2.75) is 33.7 Å². The van der Waals surface area contributed by atoms with Crippen LogP contribution in [0.5, 0.6) is 0 Å². The number of nitrogens with zero attached hydrogens (tertiary/aromatic N) is 1. The molecular formula is C16H22N2S. The molecule has 0 aliphatic carbocycles. The third kappa shape index (κ3) is 4.44. The van der Waals surface area contributed by atoms with Crippen LogP contribution in [0, 0.1) is 12.8 Å². The van der Waals surface area contributed by atoms with E-state index in [4.69, 9.17) is 0 Å². The summed E-state index contributed by atoms with van der Waals surface area (Å²) < 4.78 is 0. The molecule has 1 heterocycles. The van der Waals surface area contributed by atoms with E-state index in [1.165, 1.54) is 21.0 Å². The van der Waals surface area contributed by atoms with Gasteiger partial charge in [-0.05, 0) is 30.5 Å². The molecule has 0 bridgehead atoms. The summed E-state index contributed by atoms with van der Waals surface area (Å²) in [5.74, 6) is 0.694. The molecule has 102 valence electrons. The van der Waals surface area contributed by atoms with Gasteiger partial charge in [-0.2, -0.15) is 0 Å². The van der Waals surface area contributed by atoms with Crippen molar-refractivity contribution in [3.63, 3.8) is 0 Å². The predicted octanol–water partition coefficient (Wildman–Crippen LogP) is 3.79. The van der Waals surface area contributed by atoms with Gasteiger partial charge in [0.05, 0.1) is 5.01 Å². The fourth-order valence-electron chi connectivity index (χ4n) is 1.97. The average molecular weight is 274 g/mol. The van der Waals surface area contributed by atoms with E-state index in [0.29, 0.717) is 5.92 Å². The zero-order chi connectivity index (χ0) is 13.7. The molecule has 2 aromatic rings. The standard InChI is InChI=1S/C16H22N2S/c1-12(2)9-17-10-15-11-18-16(19-15)8-14-7-5-4-6-13(14)3/h4-7,11-12,17H,8-10H2,1-3H3. The second-order valence-electron chi connectivity index (χ2n) is 5.35. The molecule has 19 heavy (non-hydrogen) atoms. The smallest absolute Gasteiger partial charge is 0.0972 e. The van der Waals surface area contributed by atoms with Gasteiger partial charge in [-0.3, -0.25) is 0 Å². The zero-order valence-corrected chi connectivity index (χ0v) is 12.8. The largest absolute Gasteiger partial charge is 0.312 e. The van der Waals surface area contributed by atoms with Crippen LogP contribution in [0.4, 0.5) is 0 Å². The third-order valence-corrected chi connectivity index (χ3v) is 4.05. The number of benzene rings is 1. The van der Waals surface area contributed by atoms with E-state index in [1.807, 2.05) is 17.5 Å². The second kappa shape index (κ2) is 6.83. The first-order valence-corrected chi connectivity index (χ1v) is 7.65. The number of rotatable bonds is 6. The second-order valence-corrected chi connectivity index (χ2v) is 6.55. The number of aromatic nitrogens is 1. The normalized spacial score (nSPS) is 11.2. The van der Waals surface area contributed by atoms with Gasteiger partial charge in [0, 0.05) is 24.0 Å². The van der Waals surface area contributed by atoms with Gasteiger partial charge in [0.2, 0.25) is 0 Å². The number of nitrogens with one attached hydrogen (secondary N) is 1. The van der Waals surface area contributed by atoms with Gasteiger partial charge in [-0.25, -0.2) is 4.98 Å². The molecule has 1 N–H and O–H groups in total. The highest BCUT2D eigenvalue weighted by Gasteiger charge is 2.05. The maximum absolute atomic E-state index is 4.53. The number of aryl methyl sites for hydroxylation is 1.